The molecule has 0 bridgehead atoms. The van der Waals surface area contributed by atoms with E-state index in [1.807, 2.05) is 12.1 Å². The second-order valence-electron chi connectivity index (χ2n) is 3.69. The highest BCUT2D eigenvalue weighted by Crippen LogP contribution is 2.20. The molecule has 1 unspecified atom stereocenters. The Hall–Kier alpha value is -1.31. The van der Waals surface area contributed by atoms with Gasteiger partial charge in [0.15, 0.2) is 6.04 Å². The van der Waals surface area contributed by atoms with Crippen LogP contribution in [0.3, 0.4) is 0 Å². The average molecular weight is 205 g/mol. The molecule has 15 heavy (non-hydrogen) atoms. The first-order chi connectivity index (χ1) is 7.42. The standard InChI is InChI=1S/C11H15N3O/c12-9-10(11-3-1-8-15-11)14-6-2-4-13-5-7-14/h1,3,8,10,13H,2,4-7H2. The van der Waals surface area contributed by atoms with Gasteiger partial charge in [-0.2, -0.15) is 5.26 Å². The van der Waals surface area contributed by atoms with Crippen molar-refractivity contribution in [1.82, 2.24) is 10.2 Å². The fourth-order valence-corrected chi connectivity index (χ4v) is 1.90. The molecule has 1 N–H and O–H groups in total. The van der Waals surface area contributed by atoms with E-state index in [2.05, 4.69) is 16.3 Å². The van der Waals surface area contributed by atoms with Crippen molar-refractivity contribution in [3.05, 3.63) is 24.2 Å². The molecule has 0 aromatic carbocycles. The summed E-state index contributed by atoms with van der Waals surface area (Å²) in [5.41, 5.74) is 0. The molecule has 1 atom stereocenters. The summed E-state index contributed by atoms with van der Waals surface area (Å²) in [6.07, 6.45) is 2.70. The van der Waals surface area contributed by atoms with Gasteiger partial charge in [-0.05, 0) is 25.1 Å². The SMILES string of the molecule is N#CC(c1ccco1)N1CCCNCC1. The molecule has 4 heteroatoms. The maximum absolute atomic E-state index is 9.17. The molecule has 0 spiro atoms. The number of hydrogen-bond donors (Lipinski definition) is 1. The predicted molar refractivity (Wildman–Crippen MR) is 56.1 cm³/mol. The lowest BCUT2D eigenvalue weighted by Gasteiger charge is -2.23. The Balaban J connectivity index is 2.09. The second kappa shape index (κ2) is 4.96. The Bertz CT molecular complexity index is 320. The number of nitrogens with one attached hydrogen (secondary N) is 1. The molecule has 2 heterocycles. The molecule has 0 saturated carbocycles. The van der Waals surface area contributed by atoms with Crippen LogP contribution in [0.5, 0.6) is 0 Å². The third-order valence-electron chi connectivity index (χ3n) is 2.67. The molecule has 2 rings (SSSR count). The summed E-state index contributed by atoms with van der Waals surface area (Å²) >= 11 is 0. The van der Waals surface area contributed by atoms with Gasteiger partial charge in [0.25, 0.3) is 0 Å². The van der Waals surface area contributed by atoms with Crippen LogP contribution in [0.1, 0.15) is 18.2 Å². The minimum atomic E-state index is -0.236. The smallest absolute Gasteiger partial charge is 0.156 e. The van der Waals surface area contributed by atoms with Crippen LogP contribution in [-0.4, -0.2) is 31.1 Å². The van der Waals surface area contributed by atoms with Gasteiger partial charge < -0.3 is 9.73 Å². The molecule has 1 fully saturated rings. The average Bonchev–Trinajstić information content (AvgIpc) is 2.63. The van der Waals surface area contributed by atoms with Crippen LogP contribution >= 0.6 is 0 Å². The Morgan fingerprint density at radius 3 is 3.13 bits per heavy atom. The highest BCUT2D eigenvalue weighted by molar-refractivity contribution is 5.13. The van der Waals surface area contributed by atoms with Gasteiger partial charge in [0, 0.05) is 19.6 Å². The largest absolute Gasteiger partial charge is 0.467 e. The van der Waals surface area contributed by atoms with Crippen molar-refractivity contribution in [2.75, 3.05) is 26.2 Å². The van der Waals surface area contributed by atoms with Crippen LogP contribution in [0.2, 0.25) is 0 Å². The van der Waals surface area contributed by atoms with Crippen LogP contribution in [0.4, 0.5) is 0 Å². The molecule has 1 aromatic rings. The van der Waals surface area contributed by atoms with E-state index in [1.165, 1.54) is 0 Å². The van der Waals surface area contributed by atoms with E-state index in [4.69, 9.17) is 9.68 Å². The minimum Gasteiger partial charge on any atom is -0.467 e. The van der Waals surface area contributed by atoms with Crippen molar-refractivity contribution in [2.24, 2.45) is 0 Å². The molecule has 1 saturated heterocycles. The zero-order valence-electron chi connectivity index (χ0n) is 8.65. The van der Waals surface area contributed by atoms with E-state index in [9.17, 15) is 0 Å². The molecule has 0 radical (unpaired) electrons. The van der Waals surface area contributed by atoms with Crippen molar-refractivity contribution >= 4 is 0 Å². The molecule has 1 aliphatic rings. The number of hydrogen-bond acceptors (Lipinski definition) is 4. The molecule has 80 valence electrons. The molecule has 4 nitrogen and oxygen atoms in total. The van der Waals surface area contributed by atoms with Crippen molar-refractivity contribution in [2.45, 2.75) is 12.5 Å². The first-order valence-electron chi connectivity index (χ1n) is 5.29. The number of nitriles is 1. The Kier molecular flexibility index (Phi) is 3.38. The van der Waals surface area contributed by atoms with Crippen LogP contribution in [0.25, 0.3) is 0 Å². The minimum absolute atomic E-state index is 0.236. The van der Waals surface area contributed by atoms with Gasteiger partial charge in [0.05, 0.1) is 12.3 Å². The first-order valence-corrected chi connectivity index (χ1v) is 5.29. The van der Waals surface area contributed by atoms with E-state index in [0.717, 1.165) is 38.4 Å². The molecule has 0 amide bonds. The van der Waals surface area contributed by atoms with Crippen LogP contribution in [0.15, 0.2) is 22.8 Å². The second-order valence-corrected chi connectivity index (χ2v) is 3.69. The number of nitrogens with zero attached hydrogens (tertiary/aromatic N) is 2. The number of rotatable bonds is 2. The molecule has 1 aliphatic heterocycles. The van der Waals surface area contributed by atoms with Gasteiger partial charge in [-0.25, -0.2) is 0 Å². The third kappa shape index (κ3) is 2.38. The van der Waals surface area contributed by atoms with E-state index >= 15 is 0 Å². The maximum Gasteiger partial charge on any atom is 0.156 e. The molecular weight excluding hydrogens is 190 g/mol. The highest BCUT2D eigenvalue weighted by atomic mass is 16.3. The maximum atomic E-state index is 9.17. The first kappa shape index (κ1) is 10.2. The summed E-state index contributed by atoms with van der Waals surface area (Å²) in [7, 11) is 0. The quantitative estimate of drug-likeness (QED) is 0.786. The molecular formula is C11H15N3O. The fourth-order valence-electron chi connectivity index (χ4n) is 1.90. The van der Waals surface area contributed by atoms with E-state index in [-0.39, 0.29) is 6.04 Å². The van der Waals surface area contributed by atoms with Gasteiger partial charge in [0.1, 0.15) is 5.76 Å². The fraction of sp³-hybridized carbons (Fsp3) is 0.545. The highest BCUT2D eigenvalue weighted by Gasteiger charge is 2.22. The summed E-state index contributed by atoms with van der Waals surface area (Å²) in [6, 6.07) is 5.77. The zero-order chi connectivity index (χ0) is 10.5. The number of furan rings is 1. The van der Waals surface area contributed by atoms with Crippen molar-refractivity contribution in [3.63, 3.8) is 0 Å². The lowest BCUT2D eigenvalue weighted by Crippen LogP contribution is -2.31. The van der Waals surface area contributed by atoms with Crippen molar-refractivity contribution in [3.8, 4) is 6.07 Å². The Morgan fingerprint density at radius 2 is 2.40 bits per heavy atom. The van der Waals surface area contributed by atoms with E-state index < -0.39 is 0 Å². The Morgan fingerprint density at radius 1 is 1.47 bits per heavy atom. The monoisotopic (exact) mass is 205 g/mol. The summed E-state index contributed by atoms with van der Waals surface area (Å²) in [4.78, 5) is 2.17. The lowest BCUT2D eigenvalue weighted by molar-refractivity contribution is 0.227. The summed E-state index contributed by atoms with van der Waals surface area (Å²) in [5.74, 6) is 0.749. The normalized spacial score (nSPS) is 20.5. The van der Waals surface area contributed by atoms with Gasteiger partial charge in [-0.1, -0.05) is 0 Å². The van der Waals surface area contributed by atoms with Crippen LogP contribution in [-0.2, 0) is 0 Å². The van der Waals surface area contributed by atoms with Crippen molar-refractivity contribution < 1.29 is 4.42 Å². The predicted octanol–water partition coefficient (Wildman–Crippen LogP) is 1.14. The summed E-state index contributed by atoms with van der Waals surface area (Å²) in [5, 5.41) is 12.5. The van der Waals surface area contributed by atoms with Gasteiger partial charge >= 0.3 is 0 Å². The summed E-state index contributed by atoms with van der Waals surface area (Å²) < 4.78 is 5.30. The third-order valence-corrected chi connectivity index (χ3v) is 2.67. The molecule has 0 aliphatic carbocycles. The van der Waals surface area contributed by atoms with Crippen LogP contribution < -0.4 is 5.32 Å². The van der Waals surface area contributed by atoms with Gasteiger partial charge in [0.2, 0.25) is 0 Å². The van der Waals surface area contributed by atoms with E-state index in [1.54, 1.807) is 6.26 Å². The molecule has 1 aromatic heterocycles. The van der Waals surface area contributed by atoms with Crippen molar-refractivity contribution in [1.29, 1.82) is 5.26 Å². The Labute approximate surface area is 89.5 Å². The van der Waals surface area contributed by atoms with Gasteiger partial charge in [-0.15, -0.1) is 0 Å². The van der Waals surface area contributed by atoms with Crippen LogP contribution in [0, 0.1) is 11.3 Å². The van der Waals surface area contributed by atoms with E-state index in [0.29, 0.717) is 0 Å². The zero-order valence-corrected chi connectivity index (χ0v) is 8.65. The van der Waals surface area contributed by atoms with Gasteiger partial charge in [-0.3, -0.25) is 4.90 Å². The lowest BCUT2D eigenvalue weighted by atomic mass is 10.2. The summed E-state index contributed by atoms with van der Waals surface area (Å²) in [6.45, 7) is 3.83. The topological polar surface area (TPSA) is 52.2 Å².